The number of hydrogen-bond donors (Lipinski definition) is 1. The SMILES string of the molecule is Cc1cc(CCC2(O)CC2)n(C)n1. The Morgan fingerprint density at radius 1 is 1.62 bits per heavy atom. The molecule has 3 heteroatoms. The van der Waals surface area contributed by atoms with Crippen molar-refractivity contribution in [2.75, 3.05) is 0 Å². The molecule has 1 aliphatic rings. The minimum atomic E-state index is -0.335. The van der Waals surface area contributed by atoms with E-state index in [4.69, 9.17) is 0 Å². The predicted molar refractivity (Wildman–Crippen MR) is 50.4 cm³/mol. The molecule has 3 nitrogen and oxygen atoms in total. The molecule has 0 aromatic carbocycles. The van der Waals surface area contributed by atoms with Crippen LogP contribution in [0.4, 0.5) is 0 Å². The van der Waals surface area contributed by atoms with E-state index in [1.807, 2.05) is 18.7 Å². The van der Waals surface area contributed by atoms with Gasteiger partial charge in [-0.3, -0.25) is 4.68 Å². The normalized spacial score (nSPS) is 19.0. The van der Waals surface area contributed by atoms with Crippen molar-refractivity contribution in [3.63, 3.8) is 0 Å². The smallest absolute Gasteiger partial charge is 0.0653 e. The van der Waals surface area contributed by atoms with Gasteiger partial charge in [0.25, 0.3) is 0 Å². The van der Waals surface area contributed by atoms with E-state index in [1.165, 1.54) is 5.69 Å². The third-order valence-corrected chi connectivity index (χ3v) is 2.77. The summed E-state index contributed by atoms with van der Waals surface area (Å²) in [7, 11) is 1.96. The number of hydrogen-bond acceptors (Lipinski definition) is 2. The summed E-state index contributed by atoms with van der Waals surface area (Å²) < 4.78 is 1.90. The first-order valence-corrected chi connectivity index (χ1v) is 4.81. The molecule has 72 valence electrons. The molecule has 1 aromatic heterocycles. The van der Waals surface area contributed by atoms with Crippen LogP contribution in [0.5, 0.6) is 0 Å². The highest BCUT2D eigenvalue weighted by Gasteiger charge is 2.39. The Bertz CT molecular complexity index is 313. The van der Waals surface area contributed by atoms with Crippen LogP contribution in [0, 0.1) is 6.92 Å². The molecule has 1 aromatic rings. The molecule has 0 spiro atoms. The molecule has 1 fully saturated rings. The lowest BCUT2D eigenvalue weighted by Gasteiger charge is -2.06. The van der Waals surface area contributed by atoms with E-state index >= 15 is 0 Å². The number of nitrogens with zero attached hydrogens (tertiary/aromatic N) is 2. The van der Waals surface area contributed by atoms with Crippen molar-refractivity contribution in [2.24, 2.45) is 7.05 Å². The van der Waals surface area contributed by atoms with Gasteiger partial charge in [0.05, 0.1) is 11.3 Å². The van der Waals surface area contributed by atoms with Crippen LogP contribution < -0.4 is 0 Å². The summed E-state index contributed by atoms with van der Waals surface area (Å²) in [5, 5.41) is 13.9. The Hall–Kier alpha value is -0.830. The molecule has 1 aliphatic carbocycles. The van der Waals surface area contributed by atoms with Crippen LogP contribution in [0.3, 0.4) is 0 Å². The van der Waals surface area contributed by atoms with Crippen molar-refractivity contribution in [3.05, 3.63) is 17.5 Å². The van der Waals surface area contributed by atoms with Gasteiger partial charge < -0.3 is 5.11 Å². The van der Waals surface area contributed by atoms with Crippen molar-refractivity contribution in [1.82, 2.24) is 9.78 Å². The monoisotopic (exact) mass is 180 g/mol. The van der Waals surface area contributed by atoms with E-state index in [-0.39, 0.29) is 5.60 Å². The molecule has 0 unspecified atom stereocenters. The quantitative estimate of drug-likeness (QED) is 0.758. The average molecular weight is 180 g/mol. The summed E-state index contributed by atoms with van der Waals surface area (Å²) >= 11 is 0. The average Bonchev–Trinajstić information content (AvgIpc) is 2.69. The van der Waals surface area contributed by atoms with Crippen molar-refractivity contribution in [1.29, 1.82) is 0 Å². The number of aromatic nitrogens is 2. The molecular weight excluding hydrogens is 164 g/mol. The molecule has 1 saturated carbocycles. The van der Waals surface area contributed by atoms with Gasteiger partial charge in [-0.25, -0.2) is 0 Å². The molecular formula is C10H16N2O. The van der Waals surface area contributed by atoms with Crippen molar-refractivity contribution in [2.45, 2.75) is 38.2 Å². The Labute approximate surface area is 78.4 Å². The Kier molecular flexibility index (Phi) is 1.91. The van der Waals surface area contributed by atoms with Gasteiger partial charge in [-0.2, -0.15) is 5.10 Å². The first-order chi connectivity index (χ1) is 6.09. The minimum Gasteiger partial charge on any atom is -0.390 e. The summed E-state index contributed by atoms with van der Waals surface area (Å²) in [5.41, 5.74) is 1.94. The van der Waals surface area contributed by atoms with E-state index in [2.05, 4.69) is 11.2 Å². The Balaban J connectivity index is 1.97. The maximum absolute atomic E-state index is 9.66. The van der Waals surface area contributed by atoms with E-state index in [9.17, 15) is 5.11 Å². The van der Waals surface area contributed by atoms with Gasteiger partial charge in [-0.15, -0.1) is 0 Å². The zero-order chi connectivity index (χ0) is 9.47. The maximum Gasteiger partial charge on any atom is 0.0653 e. The zero-order valence-electron chi connectivity index (χ0n) is 8.25. The van der Waals surface area contributed by atoms with Crippen LogP contribution in [0.1, 0.15) is 30.7 Å². The predicted octanol–water partition coefficient (Wildman–Crippen LogP) is 1.19. The third-order valence-electron chi connectivity index (χ3n) is 2.77. The molecule has 13 heavy (non-hydrogen) atoms. The van der Waals surface area contributed by atoms with E-state index < -0.39 is 0 Å². The van der Waals surface area contributed by atoms with E-state index in [0.29, 0.717) is 0 Å². The summed E-state index contributed by atoms with van der Waals surface area (Å²) in [6, 6.07) is 2.09. The second-order valence-electron chi connectivity index (χ2n) is 4.13. The lowest BCUT2D eigenvalue weighted by Crippen LogP contribution is -2.09. The summed E-state index contributed by atoms with van der Waals surface area (Å²) in [6.45, 7) is 2.00. The standard InChI is InChI=1S/C10H16N2O/c1-8-7-9(12(2)11-8)3-4-10(13)5-6-10/h7,13H,3-6H2,1-2H3. The summed E-state index contributed by atoms with van der Waals surface area (Å²) in [4.78, 5) is 0. The molecule has 0 bridgehead atoms. The van der Waals surface area contributed by atoms with Crippen LogP contribution in [0.2, 0.25) is 0 Å². The second-order valence-corrected chi connectivity index (χ2v) is 4.13. The zero-order valence-corrected chi connectivity index (χ0v) is 8.25. The second kappa shape index (κ2) is 2.84. The van der Waals surface area contributed by atoms with Gasteiger partial charge in [0.1, 0.15) is 0 Å². The van der Waals surface area contributed by atoms with Crippen LogP contribution in [-0.2, 0) is 13.5 Å². The maximum atomic E-state index is 9.66. The summed E-state index contributed by atoms with van der Waals surface area (Å²) in [6.07, 6.45) is 3.77. The van der Waals surface area contributed by atoms with Gasteiger partial charge in [-0.05, 0) is 38.7 Å². The van der Waals surface area contributed by atoms with Crippen molar-refractivity contribution < 1.29 is 5.11 Å². The molecule has 2 rings (SSSR count). The molecule has 1 heterocycles. The van der Waals surface area contributed by atoms with E-state index in [1.54, 1.807) is 0 Å². The molecule has 0 atom stereocenters. The van der Waals surface area contributed by atoms with Gasteiger partial charge >= 0.3 is 0 Å². The first kappa shape index (κ1) is 8.75. The fraction of sp³-hybridized carbons (Fsp3) is 0.700. The molecule has 0 radical (unpaired) electrons. The van der Waals surface area contributed by atoms with E-state index in [0.717, 1.165) is 31.4 Å². The topological polar surface area (TPSA) is 38.0 Å². The minimum absolute atomic E-state index is 0.335. The molecule has 0 amide bonds. The van der Waals surface area contributed by atoms with Gasteiger partial charge in [0.2, 0.25) is 0 Å². The van der Waals surface area contributed by atoms with Crippen molar-refractivity contribution >= 4 is 0 Å². The Morgan fingerprint density at radius 3 is 2.77 bits per heavy atom. The fourth-order valence-corrected chi connectivity index (χ4v) is 1.65. The highest BCUT2D eigenvalue weighted by Crippen LogP contribution is 2.39. The first-order valence-electron chi connectivity index (χ1n) is 4.81. The lowest BCUT2D eigenvalue weighted by molar-refractivity contribution is 0.140. The van der Waals surface area contributed by atoms with Gasteiger partial charge in [-0.1, -0.05) is 0 Å². The Morgan fingerprint density at radius 2 is 2.31 bits per heavy atom. The number of rotatable bonds is 3. The molecule has 0 saturated heterocycles. The number of aliphatic hydroxyl groups is 1. The highest BCUT2D eigenvalue weighted by atomic mass is 16.3. The van der Waals surface area contributed by atoms with Crippen LogP contribution >= 0.6 is 0 Å². The summed E-state index contributed by atoms with van der Waals surface area (Å²) in [5.74, 6) is 0. The van der Waals surface area contributed by atoms with Crippen LogP contribution in [-0.4, -0.2) is 20.5 Å². The number of aryl methyl sites for hydroxylation is 3. The third kappa shape index (κ3) is 1.91. The van der Waals surface area contributed by atoms with Crippen molar-refractivity contribution in [3.8, 4) is 0 Å². The fourth-order valence-electron chi connectivity index (χ4n) is 1.65. The van der Waals surface area contributed by atoms with Gasteiger partial charge in [0, 0.05) is 12.7 Å². The largest absolute Gasteiger partial charge is 0.390 e. The van der Waals surface area contributed by atoms with Crippen LogP contribution in [0.25, 0.3) is 0 Å². The highest BCUT2D eigenvalue weighted by molar-refractivity contribution is 5.10. The molecule has 0 aliphatic heterocycles. The lowest BCUT2D eigenvalue weighted by atomic mass is 10.1. The van der Waals surface area contributed by atoms with Gasteiger partial charge in [0.15, 0.2) is 0 Å². The van der Waals surface area contributed by atoms with Crippen LogP contribution in [0.15, 0.2) is 6.07 Å². The molecule has 1 N–H and O–H groups in total.